The molecule has 2 N–H and O–H groups in total. The van der Waals surface area contributed by atoms with Gasteiger partial charge < -0.3 is 19.8 Å². The number of aromatic nitrogens is 2. The van der Waals surface area contributed by atoms with Gasteiger partial charge in [0.25, 0.3) is 0 Å². The molecule has 1 saturated heterocycles. The summed E-state index contributed by atoms with van der Waals surface area (Å²) in [5.41, 5.74) is 2.04. The molecular weight excluding hydrogens is 242 g/mol. The van der Waals surface area contributed by atoms with Crippen LogP contribution in [-0.2, 0) is 11.3 Å². The van der Waals surface area contributed by atoms with Crippen LogP contribution in [0, 0.1) is 5.92 Å². The van der Waals surface area contributed by atoms with Gasteiger partial charge in [-0.3, -0.25) is 0 Å². The highest BCUT2D eigenvalue weighted by Crippen LogP contribution is 2.11. The van der Waals surface area contributed by atoms with Crippen LogP contribution in [-0.4, -0.2) is 29.0 Å². The summed E-state index contributed by atoms with van der Waals surface area (Å²) in [5.74, 6) is -0.190. The van der Waals surface area contributed by atoms with Crippen LogP contribution in [0.4, 0.5) is 0 Å². The molecule has 0 radical (unpaired) electrons. The zero-order valence-electron chi connectivity index (χ0n) is 10.7. The number of nitrogens with zero attached hydrogens (tertiary/aromatic N) is 1. The summed E-state index contributed by atoms with van der Waals surface area (Å²) in [6, 6.07) is 7.98. The van der Waals surface area contributed by atoms with Crippen LogP contribution in [0.5, 0.6) is 0 Å². The van der Waals surface area contributed by atoms with E-state index in [0.717, 1.165) is 36.5 Å². The number of imidazole rings is 1. The first-order valence-corrected chi connectivity index (χ1v) is 6.70. The molecule has 1 aromatic carbocycles. The van der Waals surface area contributed by atoms with Crippen LogP contribution >= 0.6 is 0 Å². The van der Waals surface area contributed by atoms with Gasteiger partial charge in [-0.15, -0.1) is 0 Å². The third kappa shape index (κ3) is 2.61. The van der Waals surface area contributed by atoms with E-state index < -0.39 is 5.97 Å². The molecule has 0 saturated carbocycles. The van der Waals surface area contributed by atoms with Crippen LogP contribution in [0.3, 0.4) is 0 Å². The Morgan fingerprint density at radius 3 is 2.79 bits per heavy atom. The maximum Gasteiger partial charge on any atom is 0.162 e. The Kier molecular flexibility index (Phi) is 3.21. The average Bonchev–Trinajstić information content (AvgIpc) is 2.81. The third-order valence-corrected chi connectivity index (χ3v) is 3.88. The van der Waals surface area contributed by atoms with Gasteiger partial charge in [0.15, 0.2) is 5.82 Å². The SMILES string of the molecule is O=C([O-])C1CC[NH+](Cc2nc3ccccc3[nH]2)CC1. The number of carboxylic acid groups (broad SMARTS) is 1. The number of carboxylic acids is 1. The quantitative estimate of drug-likeness (QED) is 0.751. The molecule has 0 spiro atoms. The van der Waals surface area contributed by atoms with E-state index in [1.807, 2.05) is 24.3 Å². The molecule has 2 heterocycles. The van der Waals surface area contributed by atoms with Crippen LogP contribution < -0.4 is 10.0 Å². The summed E-state index contributed by atoms with van der Waals surface area (Å²) < 4.78 is 0. The van der Waals surface area contributed by atoms with Crippen LogP contribution in [0.15, 0.2) is 24.3 Å². The molecule has 0 atom stereocenters. The molecule has 1 fully saturated rings. The highest BCUT2D eigenvalue weighted by atomic mass is 16.4. The second-order valence-electron chi connectivity index (χ2n) is 5.22. The van der Waals surface area contributed by atoms with Crippen molar-refractivity contribution in [1.82, 2.24) is 9.97 Å². The molecule has 1 aliphatic rings. The van der Waals surface area contributed by atoms with Crippen molar-refractivity contribution in [2.45, 2.75) is 19.4 Å². The molecule has 19 heavy (non-hydrogen) atoms. The van der Waals surface area contributed by atoms with Gasteiger partial charge in [0.1, 0.15) is 6.54 Å². The van der Waals surface area contributed by atoms with Gasteiger partial charge in [-0.2, -0.15) is 0 Å². The summed E-state index contributed by atoms with van der Waals surface area (Å²) in [5, 5.41) is 10.8. The Hall–Kier alpha value is -1.88. The molecule has 0 unspecified atom stereocenters. The van der Waals surface area contributed by atoms with E-state index in [1.165, 1.54) is 4.90 Å². The minimum atomic E-state index is -0.900. The fraction of sp³-hybridized carbons (Fsp3) is 0.429. The molecule has 1 aromatic heterocycles. The molecule has 1 aliphatic heterocycles. The lowest BCUT2D eigenvalue weighted by atomic mass is 9.97. The number of benzene rings is 1. The Bertz CT molecular complexity index is 552. The van der Waals surface area contributed by atoms with Crippen LogP contribution in [0.2, 0.25) is 0 Å². The Morgan fingerprint density at radius 1 is 1.37 bits per heavy atom. The number of nitrogens with one attached hydrogen (secondary N) is 2. The van der Waals surface area contributed by atoms with Crippen molar-refractivity contribution in [2.75, 3.05) is 13.1 Å². The van der Waals surface area contributed by atoms with Crippen LogP contribution in [0.1, 0.15) is 18.7 Å². The highest BCUT2D eigenvalue weighted by molar-refractivity contribution is 5.74. The lowest BCUT2D eigenvalue weighted by Gasteiger charge is -2.29. The number of rotatable bonds is 3. The highest BCUT2D eigenvalue weighted by Gasteiger charge is 2.23. The molecule has 5 heteroatoms. The summed E-state index contributed by atoms with van der Waals surface area (Å²) in [7, 11) is 0. The molecular formula is C14H17N3O2. The first-order valence-electron chi connectivity index (χ1n) is 6.70. The zero-order valence-corrected chi connectivity index (χ0v) is 10.7. The van der Waals surface area contributed by atoms with Crippen LogP contribution in [0.25, 0.3) is 11.0 Å². The number of likely N-dealkylation sites (tertiary alicyclic amines) is 1. The second-order valence-corrected chi connectivity index (χ2v) is 5.22. The Labute approximate surface area is 111 Å². The molecule has 2 aromatic rings. The predicted octanol–water partition coefficient (Wildman–Crippen LogP) is -0.892. The number of carbonyl (C=O) groups is 1. The number of carbonyl (C=O) groups excluding carboxylic acids is 1. The van der Waals surface area contributed by atoms with Gasteiger partial charge in [0.05, 0.1) is 24.1 Å². The van der Waals surface area contributed by atoms with Gasteiger partial charge >= 0.3 is 0 Å². The summed E-state index contributed by atoms with van der Waals surface area (Å²) in [4.78, 5) is 20.1. The number of para-hydroxylation sites is 2. The molecule has 5 nitrogen and oxygen atoms in total. The molecule has 3 rings (SSSR count). The molecule has 0 bridgehead atoms. The predicted molar refractivity (Wildman–Crippen MR) is 68.2 cm³/mol. The monoisotopic (exact) mass is 259 g/mol. The fourth-order valence-corrected chi connectivity index (χ4v) is 2.76. The van der Waals surface area contributed by atoms with Crippen molar-refractivity contribution in [2.24, 2.45) is 5.92 Å². The zero-order chi connectivity index (χ0) is 13.2. The topological polar surface area (TPSA) is 73.2 Å². The van der Waals surface area contributed by atoms with Crippen molar-refractivity contribution < 1.29 is 14.8 Å². The lowest BCUT2D eigenvalue weighted by molar-refractivity contribution is -0.920. The number of hydrogen-bond donors (Lipinski definition) is 2. The largest absolute Gasteiger partial charge is 0.550 e. The van der Waals surface area contributed by atoms with E-state index in [4.69, 9.17) is 0 Å². The number of hydrogen-bond acceptors (Lipinski definition) is 3. The standard InChI is InChI=1S/C14H17N3O2/c18-14(19)10-5-7-17(8-6-10)9-13-15-11-3-1-2-4-12(11)16-13/h1-4,10H,5-9H2,(H,15,16)(H,18,19). The summed E-state index contributed by atoms with van der Waals surface area (Å²) >= 11 is 0. The molecule has 100 valence electrons. The molecule has 0 aliphatic carbocycles. The Balaban J connectivity index is 1.64. The summed E-state index contributed by atoms with van der Waals surface area (Å²) in [6.07, 6.45) is 1.41. The van der Waals surface area contributed by atoms with Crippen molar-refractivity contribution in [3.05, 3.63) is 30.1 Å². The maximum absolute atomic E-state index is 10.8. The minimum absolute atomic E-state index is 0.264. The summed E-state index contributed by atoms with van der Waals surface area (Å²) in [6.45, 7) is 2.57. The third-order valence-electron chi connectivity index (χ3n) is 3.88. The van der Waals surface area contributed by atoms with Crippen molar-refractivity contribution in [1.29, 1.82) is 0 Å². The lowest BCUT2D eigenvalue weighted by Crippen LogP contribution is -3.12. The van der Waals surface area contributed by atoms with Crippen molar-refractivity contribution in [3.63, 3.8) is 0 Å². The normalized spacial score (nSPS) is 23.6. The first-order chi connectivity index (χ1) is 9.22. The van der Waals surface area contributed by atoms with E-state index in [2.05, 4.69) is 9.97 Å². The van der Waals surface area contributed by atoms with Crippen molar-refractivity contribution >= 4 is 17.0 Å². The Morgan fingerprint density at radius 2 is 2.11 bits per heavy atom. The number of aliphatic carboxylic acids is 1. The fourth-order valence-electron chi connectivity index (χ4n) is 2.76. The van der Waals surface area contributed by atoms with E-state index >= 15 is 0 Å². The smallest absolute Gasteiger partial charge is 0.162 e. The number of quaternary nitrogens is 1. The van der Waals surface area contributed by atoms with Crippen molar-refractivity contribution in [3.8, 4) is 0 Å². The number of H-pyrrole nitrogens is 1. The van der Waals surface area contributed by atoms with Gasteiger partial charge in [0.2, 0.25) is 0 Å². The van der Waals surface area contributed by atoms with E-state index in [-0.39, 0.29) is 5.92 Å². The maximum atomic E-state index is 10.8. The first kappa shape index (κ1) is 12.2. The molecule has 0 amide bonds. The number of aromatic amines is 1. The van der Waals surface area contributed by atoms with Gasteiger partial charge in [-0.05, 0) is 12.1 Å². The minimum Gasteiger partial charge on any atom is -0.550 e. The van der Waals surface area contributed by atoms with Gasteiger partial charge in [-0.1, -0.05) is 12.1 Å². The average molecular weight is 259 g/mol. The van der Waals surface area contributed by atoms with E-state index in [0.29, 0.717) is 12.8 Å². The second kappa shape index (κ2) is 5.01. The number of fused-ring (bicyclic) bond motifs is 1. The van der Waals surface area contributed by atoms with E-state index in [9.17, 15) is 9.90 Å². The number of piperidine rings is 1. The van der Waals surface area contributed by atoms with Gasteiger partial charge in [-0.25, -0.2) is 4.98 Å². The van der Waals surface area contributed by atoms with E-state index in [1.54, 1.807) is 0 Å². The van der Waals surface area contributed by atoms with Gasteiger partial charge in [0, 0.05) is 24.7 Å².